The van der Waals surface area contributed by atoms with Crippen LogP contribution in [0.15, 0.2) is 52.3 Å². The van der Waals surface area contributed by atoms with Crippen LogP contribution in [0.2, 0.25) is 0 Å². The molecule has 0 aliphatic rings. The summed E-state index contributed by atoms with van der Waals surface area (Å²) in [6.07, 6.45) is 0.803. The summed E-state index contributed by atoms with van der Waals surface area (Å²) < 4.78 is 5.71. The van der Waals surface area contributed by atoms with E-state index in [9.17, 15) is 4.79 Å². The lowest BCUT2D eigenvalue weighted by Crippen LogP contribution is -2.34. The number of amides is 1. The van der Waals surface area contributed by atoms with Gasteiger partial charge < -0.3 is 9.32 Å². The number of hydrogen-bond acceptors (Lipinski definition) is 8. The lowest BCUT2D eigenvalue weighted by molar-refractivity contribution is -0.133. The van der Waals surface area contributed by atoms with Crippen molar-refractivity contribution in [2.75, 3.05) is 6.54 Å². The number of thiophene rings is 1. The van der Waals surface area contributed by atoms with Gasteiger partial charge in [-0.3, -0.25) is 4.79 Å². The Hall–Kier alpha value is -3.40. The Labute approximate surface area is 171 Å². The van der Waals surface area contributed by atoms with Crippen LogP contribution in [0.5, 0.6) is 0 Å². The highest BCUT2D eigenvalue weighted by Crippen LogP contribution is 2.23. The first kappa shape index (κ1) is 18.9. The molecule has 10 heteroatoms. The molecule has 0 spiro atoms. The summed E-state index contributed by atoms with van der Waals surface area (Å²) >= 11 is 1.52. The summed E-state index contributed by atoms with van der Waals surface area (Å²) in [7, 11) is 0. The van der Waals surface area contributed by atoms with Crippen LogP contribution < -0.4 is 0 Å². The average Bonchev–Trinajstić information content (AvgIpc) is 3.50. The Kier molecular flexibility index (Phi) is 5.71. The fourth-order valence-corrected chi connectivity index (χ4v) is 3.42. The minimum atomic E-state index is -0.139. The predicted molar refractivity (Wildman–Crippen MR) is 107 cm³/mol. The molecule has 4 rings (SSSR count). The molecule has 0 saturated carbocycles. The maximum atomic E-state index is 12.8. The largest absolute Gasteiger partial charge is 0.418 e. The van der Waals surface area contributed by atoms with Crippen molar-refractivity contribution in [1.29, 1.82) is 0 Å². The summed E-state index contributed by atoms with van der Waals surface area (Å²) in [5, 5.41) is 22.4. The van der Waals surface area contributed by atoms with Gasteiger partial charge in [-0.15, -0.1) is 31.7 Å². The van der Waals surface area contributed by atoms with Crippen LogP contribution in [-0.4, -0.2) is 47.8 Å². The molecule has 3 aromatic heterocycles. The second-order valence-corrected chi connectivity index (χ2v) is 7.25. The second-order valence-electron chi connectivity index (χ2n) is 6.30. The molecule has 3 heterocycles. The van der Waals surface area contributed by atoms with E-state index in [1.54, 1.807) is 4.90 Å². The highest BCUT2D eigenvalue weighted by molar-refractivity contribution is 7.13. The van der Waals surface area contributed by atoms with Crippen LogP contribution >= 0.6 is 11.3 Å². The molecule has 0 N–H and O–H groups in total. The summed E-state index contributed by atoms with van der Waals surface area (Å²) in [6.45, 7) is 2.80. The third-order valence-corrected chi connectivity index (χ3v) is 4.99. The fourth-order valence-electron chi connectivity index (χ4n) is 2.78. The molecule has 1 aromatic carbocycles. The maximum Gasteiger partial charge on any atom is 0.257 e. The van der Waals surface area contributed by atoms with E-state index in [2.05, 4.69) is 25.6 Å². The smallest absolute Gasteiger partial charge is 0.257 e. The quantitative estimate of drug-likeness (QED) is 0.441. The second kappa shape index (κ2) is 8.74. The van der Waals surface area contributed by atoms with Crippen LogP contribution in [0.1, 0.15) is 19.2 Å². The predicted octanol–water partition coefficient (Wildman–Crippen LogP) is 2.89. The van der Waals surface area contributed by atoms with Crippen molar-refractivity contribution in [2.24, 2.45) is 0 Å². The average molecular weight is 409 g/mol. The summed E-state index contributed by atoms with van der Waals surface area (Å²) in [6, 6.07) is 13.4. The fraction of sp³-hybridized carbons (Fsp3) is 0.263. The van der Waals surface area contributed by atoms with Crippen molar-refractivity contribution >= 4 is 17.2 Å². The van der Waals surface area contributed by atoms with Gasteiger partial charge in [-0.05, 0) is 23.1 Å². The van der Waals surface area contributed by atoms with Crippen molar-refractivity contribution < 1.29 is 9.21 Å². The van der Waals surface area contributed by atoms with Gasteiger partial charge in [0.25, 0.3) is 5.89 Å². The van der Waals surface area contributed by atoms with Crippen LogP contribution in [0.4, 0.5) is 0 Å². The van der Waals surface area contributed by atoms with Gasteiger partial charge in [-0.2, -0.15) is 4.80 Å². The lowest BCUT2D eigenvalue weighted by Gasteiger charge is -2.19. The molecular formula is C19H19N7O2S. The third kappa shape index (κ3) is 4.54. The molecule has 0 fully saturated rings. The van der Waals surface area contributed by atoms with Crippen LogP contribution in [-0.2, 0) is 17.9 Å². The van der Waals surface area contributed by atoms with Crippen molar-refractivity contribution in [1.82, 2.24) is 35.3 Å². The van der Waals surface area contributed by atoms with E-state index in [4.69, 9.17) is 4.42 Å². The summed E-state index contributed by atoms with van der Waals surface area (Å²) in [5.41, 5.74) is 0.851. The molecule has 29 heavy (non-hydrogen) atoms. The number of hydrogen-bond donors (Lipinski definition) is 0. The highest BCUT2D eigenvalue weighted by atomic mass is 32.1. The molecule has 0 aliphatic carbocycles. The number of carbonyl (C=O) groups excluding carboxylic acids is 1. The topological polar surface area (TPSA) is 103 Å². The Balaban J connectivity index is 1.43. The molecule has 4 aromatic rings. The van der Waals surface area contributed by atoms with Crippen LogP contribution in [0, 0.1) is 0 Å². The standard InChI is InChI=1S/C19H19N7O2S/c1-2-10-25(12-16-20-22-19(28-16)15-9-6-11-29-15)17(27)13-26-23-18(21-24-26)14-7-4-3-5-8-14/h3-9,11H,2,10,12-13H2,1H3. The molecule has 0 unspecified atom stereocenters. The zero-order chi connectivity index (χ0) is 20.1. The first-order valence-electron chi connectivity index (χ1n) is 9.20. The molecule has 1 amide bonds. The van der Waals surface area contributed by atoms with Crippen LogP contribution in [0.3, 0.4) is 0 Å². The highest BCUT2D eigenvalue weighted by Gasteiger charge is 2.19. The molecule has 0 saturated heterocycles. The van der Waals surface area contributed by atoms with E-state index in [0.717, 1.165) is 16.9 Å². The molecule has 9 nitrogen and oxygen atoms in total. The van der Waals surface area contributed by atoms with Crippen molar-refractivity contribution in [2.45, 2.75) is 26.4 Å². The van der Waals surface area contributed by atoms with E-state index in [1.807, 2.05) is 54.8 Å². The Bertz CT molecular complexity index is 1060. The summed E-state index contributed by atoms with van der Waals surface area (Å²) in [4.78, 5) is 16.7. The van der Waals surface area contributed by atoms with Gasteiger partial charge in [-0.25, -0.2) is 0 Å². The number of nitrogens with zero attached hydrogens (tertiary/aromatic N) is 7. The van der Waals surface area contributed by atoms with Gasteiger partial charge in [0.05, 0.1) is 11.4 Å². The summed E-state index contributed by atoms with van der Waals surface area (Å²) in [5.74, 6) is 1.20. The zero-order valence-corrected chi connectivity index (χ0v) is 16.6. The van der Waals surface area contributed by atoms with Crippen molar-refractivity contribution in [3.05, 3.63) is 53.7 Å². The molecule has 0 bridgehead atoms. The van der Waals surface area contributed by atoms with E-state index in [1.165, 1.54) is 16.1 Å². The minimum Gasteiger partial charge on any atom is -0.418 e. The molecular weight excluding hydrogens is 390 g/mol. The maximum absolute atomic E-state index is 12.8. The molecule has 0 radical (unpaired) electrons. The number of benzene rings is 1. The third-order valence-electron chi connectivity index (χ3n) is 4.13. The molecule has 0 atom stereocenters. The van der Waals surface area contributed by atoms with Gasteiger partial charge in [0.1, 0.15) is 6.54 Å². The van der Waals surface area contributed by atoms with E-state index >= 15 is 0 Å². The lowest BCUT2D eigenvalue weighted by atomic mass is 10.2. The monoisotopic (exact) mass is 409 g/mol. The molecule has 148 valence electrons. The van der Waals surface area contributed by atoms with Gasteiger partial charge in [0.2, 0.25) is 17.6 Å². The zero-order valence-electron chi connectivity index (χ0n) is 15.8. The normalized spacial score (nSPS) is 10.9. The van der Waals surface area contributed by atoms with Gasteiger partial charge in [-0.1, -0.05) is 43.3 Å². The number of rotatable bonds is 8. The first-order valence-corrected chi connectivity index (χ1v) is 10.1. The molecule has 0 aliphatic heterocycles. The van der Waals surface area contributed by atoms with Crippen LogP contribution in [0.25, 0.3) is 22.2 Å². The van der Waals surface area contributed by atoms with Crippen molar-refractivity contribution in [3.8, 4) is 22.2 Å². The Morgan fingerprint density at radius 3 is 2.76 bits per heavy atom. The minimum absolute atomic E-state index is 0.00818. The number of aromatic nitrogens is 6. The first-order chi connectivity index (χ1) is 14.2. The Morgan fingerprint density at radius 2 is 2.00 bits per heavy atom. The SMILES string of the molecule is CCCN(Cc1nnc(-c2cccs2)o1)C(=O)Cn1nnc(-c2ccccc2)n1. The van der Waals surface area contributed by atoms with E-state index < -0.39 is 0 Å². The number of carbonyl (C=O) groups is 1. The van der Waals surface area contributed by atoms with Crippen molar-refractivity contribution in [3.63, 3.8) is 0 Å². The van der Waals surface area contributed by atoms with Gasteiger partial charge >= 0.3 is 0 Å². The van der Waals surface area contributed by atoms with Gasteiger partial charge in [0, 0.05) is 12.1 Å². The van der Waals surface area contributed by atoms with E-state index in [-0.39, 0.29) is 19.0 Å². The van der Waals surface area contributed by atoms with Gasteiger partial charge in [0.15, 0.2) is 0 Å². The Morgan fingerprint density at radius 1 is 1.14 bits per heavy atom. The number of tetrazole rings is 1. The van der Waals surface area contributed by atoms with E-state index in [0.29, 0.717) is 24.2 Å².